The highest BCUT2D eigenvalue weighted by atomic mass is 32.1. The third-order valence-electron chi connectivity index (χ3n) is 9.94. The number of amides is 3. The number of thiazole rings is 1. The summed E-state index contributed by atoms with van der Waals surface area (Å²) >= 11 is 1.15. The van der Waals surface area contributed by atoms with Crippen LogP contribution in [0.15, 0.2) is 29.6 Å². The second kappa shape index (κ2) is 19.3. The average molecular weight is 718 g/mol. The van der Waals surface area contributed by atoms with Crippen LogP contribution in [-0.2, 0) is 25.5 Å². The molecule has 13 heteroatoms. The van der Waals surface area contributed by atoms with Gasteiger partial charge in [0.2, 0.25) is 11.8 Å². The molecule has 278 valence electrons. The molecule has 1 aromatic carbocycles. The maximum Gasteiger partial charge on any atom is 0.308 e. The SMILES string of the molecule is CCC(C)[C@H](NC(=O)[C@H]1CCCCN1C)C(=O)N(C)C(C[C@@H](O)c1nc(C(=O)N[C@@H](Cc2ccc(F)cc2)C[C@H](C)C(=O)OC)cs1)C(C)C. The molecule has 0 saturated carbocycles. The Bertz CT molecular complexity index is 1420. The van der Waals surface area contributed by atoms with Crippen LogP contribution in [-0.4, -0.2) is 95.5 Å². The molecule has 3 rings (SSSR count). The van der Waals surface area contributed by atoms with E-state index >= 15 is 0 Å². The molecule has 1 aliphatic heterocycles. The lowest BCUT2D eigenvalue weighted by atomic mass is 9.92. The van der Waals surface area contributed by atoms with Crippen LogP contribution in [0.5, 0.6) is 0 Å². The van der Waals surface area contributed by atoms with Gasteiger partial charge in [0.1, 0.15) is 28.7 Å². The zero-order valence-corrected chi connectivity index (χ0v) is 31.6. The Morgan fingerprint density at radius 3 is 2.38 bits per heavy atom. The van der Waals surface area contributed by atoms with Crippen LogP contribution in [0.2, 0.25) is 0 Å². The maximum absolute atomic E-state index is 14.0. The van der Waals surface area contributed by atoms with E-state index in [0.717, 1.165) is 42.7 Å². The molecule has 2 aromatic rings. The Balaban J connectivity index is 1.72. The molecular formula is C37H56FN5O6S. The van der Waals surface area contributed by atoms with Crippen LogP contribution in [0.4, 0.5) is 4.39 Å². The van der Waals surface area contributed by atoms with Gasteiger partial charge in [-0.05, 0) is 68.8 Å². The number of rotatable bonds is 17. The van der Waals surface area contributed by atoms with Crippen LogP contribution in [0.3, 0.4) is 0 Å². The van der Waals surface area contributed by atoms with E-state index in [9.17, 15) is 28.7 Å². The summed E-state index contributed by atoms with van der Waals surface area (Å²) in [5.41, 5.74) is 0.912. The van der Waals surface area contributed by atoms with Crippen molar-refractivity contribution in [2.24, 2.45) is 17.8 Å². The fraction of sp³-hybridized carbons (Fsp3) is 0.649. The van der Waals surface area contributed by atoms with Gasteiger partial charge in [0.25, 0.3) is 5.91 Å². The van der Waals surface area contributed by atoms with Crippen molar-refractivity contribution in [2.75, 3.05) is 27.7 Å². The molecule has 1 fully saturated rings. The summed E-state index contributed by atoms with van der Waals surface area (Å²) in [7, 11) is 4.97. The average Bonchev–Trinajstić information content (AvgIpc) is 3.60. The predicted octanol–water partition coefficient (Wildman–Crippen LogP) is 4.74. The van der Waals surface area contributed by atoms with E-state index in [2.05, 4.69) is 15.6 Å². The number of piperidine rings is 1. The highest BCUT2D eigenvalue weighted by Crippen LogP contribution is 2.28. The third kappa shape index (κ3) is 11.3. The quantitative estimate of drug-likeness (QED) is 0.199. The van der Waals surface area contributed by atoms with Gasteiger partial charge in [-0.1, -0.05) is 59.6 Å². The maximum atomic E-state index is 14.0. The van der Waals surface area contributed by atoms with E-state index in [1.807, 2.05) is 39.6 Å². The smallest absolute Gasteiger partial charge is 0.308 e. The van der Waals surface area contributed by atoms with Gasteiger partial charge in [-0.15, -0.1) is 11.3 Å². The summed E-state index contributed by atoms with van der Waals surface area (Å²) in [6.45, 7) is 10.5. The molecule has 1 aliphatic rings. The third-order valence-corrected chi connectivity index (χ3v) is 10.9. The standard InChI is InChI=1S/C37H56FN5O6S/c1-9-23(4)32(41-34(46)29-12-10-11-17-42(29)6)36(47)43(7)30(22(2)3)20-31(44)35-40-28(21-50-35)33(45)39-27(18-24(5)37(48)49-8)19-25-13-15-26(38)16-14-25/h13-16,21-24,27,29-32,44H,9-12,17-20H2,1-8H3,(H,39,45)(H,41,46)/t23?,24-,27+,29+,30?,31+,32-/m0/s1. The lowest BCUT2D eigenvalue weighted by molar-refractivity contribution is -0.145. The van der Waals surface area contributed by atoms with Crippen molar-refractivity contribution in [3.05, 3.63) is 51.7 Å². The second-order valence-electron chi connectivity index (χ2n) is 14.1. The van der Waals surface area contributed by atoms with Gasteiger partial charge in [-0.3, -0.25) is 24.1 Å². The number of hydrogen-bond acceptors (Lipinski definition) is 9. The number of nitrogens with one attached hydrogen (secondary N) is 2. The van der Waals surface area contributed by atoms with Gasteiger partial charge < -0.3 is 25.4 Å². The fourth-order valence-corrected chi connectivity index (χ4v) is 7.35. The molecule has 2 heterocycles. The first kappa shape index (κ1) is 41.0. The number of carbonyl (C=O) groups is 4. The number of benzene rings is 1. The van der Waals surface area contributed by atoms with Crippen LogP contribution < -0.4 is 10.6 Å². The number of aromatic nitrogens is 1. The lowest BCUT2D eigenvalue weighted by Crippen LogP contribution is -2.58. The van der Waals surface area contributed by atoms with E-state index < -0.39 is 36.0 Å². The van der Waals surface area contributed by atoms with E-state index in [4.69, 9.17) is 4.74 Å². The van der Waals surface area contributed by atoms with Crippen molar-refractivity contribution < 1.29 is 33.4 Å². The molecule has 11 nitrogen and oxygen atoms in total. The van der Waals surface area contributed by atoms with Crippen LogP contribution in [0.1, 0.15) is 100 Å². The summed E-state index contributed by atoms with van der Waals surface area (Å²) in [6, 6.07) is 4.15. The van der Waals surface area contributed by atoms with Crippen LogP contribution >= 0.6 is 11.3 Å². The number of likely N-dealkylation sites (tertiary alicyclic amines) is 1. The molecule has 0 radical (unpaired) electrons. The van der Waals surface area contributed by atoms with Gasteiger partial charge in [0, 0.05) is 30.9 Å². The first-order valence-corrected chi connectivity index (χ1v) is 18.6. The van der Waals surface area contributed by atoms with Gasteiger partial charge >= 0.3 is 5.97 Å². The minimum Gasteiger partial charge on any atom is -0.469 e. The first-order valence-electron chi connectivity index (χ1n) is 17.7. The van der Waals surface area contributed by atoms with Gasteiger partial charge in [0.05, 0.1) is 19.1 Å². The Hall–Kier alpha value is -3.42. The number of carbonyl (C=O) groups excluding carboxylic acids is 4. The largest absolute Gasteiger partial charge is 0.469 e. The van der Waals surface area contributed by atoms with Crippen molar-refractivity contribution in [1.82, 2.24) is 25.4 Å². The summed E-state index contributed by atoms with van der Waals surface area (Å²) in [6.07, 6.45) is 3.28. The van der Waals surface area contributed by atoms with Crippen molar-refractivity contribution >= 4 is 35.0 Å². The van der Waals surface area contributed by atoms with Crippen LogP contribution in [0, 0.1) is 23.6 Å². The van der Waals surface area contributed by atoms with Crippen molar-refractivity contribution in [3.8, 4) is 0 Å². The summed E-state index contributed by atoms with van der Waals surface area (Å²) < 4.78 is 18.4. The highest BCUT2D eigenvalue weighted by Gasteiger charge is 2.36. The minimum atomic E-state index is -1.05. The molecule has 3 amide bonds. The number of esters is 1. The molecule has 0 spiro atoms. The van der Waals surface area contributed by atoms with E-state index in [1.165, 1.54) is 19.2 Å². The number of likely N-dealkylation sites (N-methyl/N-ethyl adjacent to an activating group) is 2. The van der Waals surface area contributed by atoms with E-state index in [-0.39, 0.29) is 53.7 Å². The molecule has 0 bridgehead atoms. The molecular weight excluding hydrogens is 662 g/mol. The summed E-state index contributed by atoms with van der Waals surface area (Å²) in [4.78, 5) is 61.0. The molecule has 0 aliphatic carbocycles. The van der Waals surface area contributed by atoms with Gasteiger partial charge in [0.15, 0.2) is 0 Å². The van der Waals surface area contributed by atoms with Crippen molar-refractivity contribution in [2.45, 2.75) is 110 Å². The number of ether oxygens (including phenoxy) is 1. The summed E-state index contributed by atoms with van der Waals surface area (Å²) in [5, 5.41) is 19.3. The van der Waals surface area contributed by atoms with Crippen LogP contribution in [0.25, 0.3) is 0 Å². The topological polar surface area (TPSA) is 141 Å². The molecule has 7 atom stereocenters. The second-order valence-corrected chi connectivity index (χ2v) is 15.0. The Labute approximate surface area is 300 Å². The van der Waals surface area contributed by atoms with Crippen molar-refractivity contribution in [3.63, 3.8) is 0 Å². The Morgan fingerprint density at radius 2 is 1.78 bits per heavy atom. The molecule has 1 aromatic heterocycles. The monoisotopic (exact) mass is 717 g/mol. The molecule has 50 heavy (non-hydrogen) atoms. The highest BCUT2D eigenvalue weighted by molar-refractivity contribution is 7.09. The normalized spacial score (nSPS) is 18.7. The number of aliphatic hydroxyl groups excluding tert-OH is 1. The first-order chi connectivity index (χ1) is 23.7. The number of aliphatic hydroxyl groups is 1. The minimum absolute atomic E-state index is 0.0249. The fourth-order valence-electron chi connectivity index (χ4n) is 6.56. The summed E-state index contributed by atoms with van der Waals surface area (Å²) in [5.74, 6) is -2.18. The molecule has 2 unspecified atom stereocenters. The predicted molar refractivity (Wildman–Crippen MR) is 192 cm³/mol. The molecule has 1 saturated heterocycles. The van der Waals surface area contributed by atoms with E-state index in [0.29, 0.717) is 24.3 Å². The number of nitrogens with zero attached hydrogens (tertiary/aromatic N) is 3. The number of hydrogen-bond donors (Lipinski definition) is 3. The van der Waals surface area contributed by atoms with Gasteiger partial charge in [-0.2, -0.15) is 0 Å². The zero-order chi connectivity index (χ0) is 37.1. The lowest BCUT2D eigenvalue weighted by Gasteiger charge is -2.38. The Morgan fingerprint density at radius 1 is 1.10 bits per heavy atom. The zero-order valence-electron chi connectivity index (χ0n) is 30.8. The number of methoxy groups -OCH3 is 1. The van der Waals surface area contributed by atoms with Crippen molar-refractivity contribution in [1.29, 1.82) is 0 Å². The molecule has 3 N–H and O–H groups in total. The van der Waals surface area contributed by atoms with E-state index in [1.54, 1.807) is 36.4 Å². The Kier molecular flexibility index (Phi) is 15.8. The van der Waals surface area contributed by atoms with Gasteiger partial charge in [-0.25, -0.2) is 9.37 Å². The number of halogens is 1.